The third-order valence-electron chi connectivity index (χ3n) is 8.21. The van der Waals surface area contributed by atoms with Crippen LogP contribution in [0.1, 0.15) is 206 Å². The van der Waals surface area contributed by atoms with Crippen LogP contribution < -0.4 is 10.2 Å². The van der Waals surface area contributed by atoms with E-state index in [9.17, 15) is 19.8 Å². The molecule has 0 aliphatic heterocycles. The summed E-state index contributed by atoms with van der Waals surface area (Å²) < 4.78 is 0. The Labute approximate surface area is 303 Å². The fourth-order valence-electron chi connectivity index (χ4n) is 5.30. The first-order chi connectivity index (χ1) is 20.4. The Morgan fingerprint density at radius 1 is 0.395 bits per heavy atom. The Morgan fingerprint density at radius 3 is 0.721 bits per heavy atom. The molecule has 0 saturated heterocycles. The molecule has 0 spiro atoms. The van der Waals surface area contributed by atoms with E-state index < -0.39 is 24.1 Å². The molecule has 43 heavy (non-hydrogen) atoms. The molecule has 0 aromatic heterocycles. The first-order valence-corrected chi connectivity index (χ1v) is 18.1. The molecule has 0 aliphatic carbocycles. The zero-order valence-electron chi connectivity index (χ0n) is 28.6. The van der Waals surface area contributed by atoms with Gasteiger partial charge >= 0.3 is 45.5 Å². The van der Waals surface area contributed by atoms with Crippen LogP contribution in [0, 0.1) is 0 Å². The molecule has 0 saturated carbocycles. The maximum absolute atomic E-state index is 10.3. The molecule has 0 rings (SSSR count). The molecule has 0 bridgehead atoms. The van der Waals surface area contributed by atoms with E-state index in [-0.39, 0.29) is 45.5 Å². The second-order valence-corrected chi connectivity index (χ2v) is 12.4. The number of aliphatic hydroxyl groups excluding tert-OH is 2. The summed E-state index contributed by atoms with van der Waals surface area (Å²) in [5.41, 5.74) is 0. The van der Waals surface area contributed by atoms with Crippen LogP contribution in [0.25, 0.3) is 0 Å². The van der Waals surface area contributed by atoms with E-state index in [2.05, 4.69) is 13.8 Å². The maximum Gasteiger partial charge on any atom is 2.00 e. The van der Waals surface area contributed by atoms with Gasteiger partial charge in [-0.15, -0.1) is 0 Å². The van der Waals surface area contributed by atoms with E-state index >= 15 is 0 Å². The van der Waals surface area contributed by atoms with Gasteiger partial charge in [0.2, 0.25) is 0 Å². The summed E-state index contributed by atoms with van der Waals surface area (Å²) in [6.45, 7) is 4.51. The first kappa shape index (κ1) is 47.7. The van der Waals surface area contributed by atoms with Crippen molar-refractivity contribution in [1.29, 1.82) is 0 Å². The molecule has 0 aliphatic rings. The Morgan fingerprint density at radius 2 is 0.558 bits per heavy atom. The van der Waals surface area contributed by atoms with E-state index in [1.54, 1.807) is 0 Å². The van der Waals surface area contributed by atoms with Crippen molar-refractivity contribution >= 4 is 57.4 Å². The summed E-state index contributed by atoms with van der Waals surface area (Å²) in [7, 11) is 0. The average Bonchev–Trinajstić information content (AvgIpc) is 2.97. The number of hydrogen-bond donors (Lipinski definition) is 2. The average molecular weight is 687 g/mol. The van der Waals surface area contributed by atoms with Crippen molar-refractivity contribution in [2.24, 2.45) is 0 Å². The molecule has 7 heteroatoms. The van der Waals surface area contributed by atoms with Gasteiger partial charge in [-0.25, -0.2) is 0 Å². The van der Waals surface area contributed by atoms with Crippen LogP contribution in [0.15, 0.2) is 0 Å². The van der Waals surface area contributed by atoms with E-state index in [1.165, 1.54) is 141 Å². The third kappa shape index (κ3) is 42.3. The first-order valence-electron chi connectivity index (χ1n) is 18.1. The Kier molecular flexibility index (Phi) is 44.8. The summed E-state index contributed by atoms with van der Waals surface area (Å²) >= 11 is 0. The molecular weight excluding hydrogens is 616 g/mol. The maximum atomic E-state index is 10.3. The standard InChI is InChI=1S/2C18H36O3.Sr/c2*1-2-3-4-5-6-7-8-9-10-11-12-13-14-15-16-17(19)18(20)21;/h2*17,19H,2-16H2,1H3,(H,20,21);/q;;+2/p-2. The van der Waals surface area contributed by atoms with Crippen molar-refractivity contribution in [2.75, 3.05) is 0 Å². The normalized spacial score (nSPS) is 12.2. The quantitative estimate of drug-likeness (QED) is 0.0557. The number of aliphatic carboxylic acids is 2. The van der Waals surface area contributed by atoms with Crippen molar-refractivity contribution in [3.05, 3.63) is 0 Å². The summed E-state index contributed by atoms with van der Waals surface area (Å²) in [6.07, 6.45) is 33.9. The van der Waals surface area contributed by atoms with Crippen molar-refractivity contribution in [1.82, 2.24) is 0 Å². The van der Waals surface area contributed by atoms with Gasteiger partial charge < -0.3 is 30.0 Å². The minimum atomic E-state index is -1.34. The van der Waals surface area contributed by atoms with Crippen LogP contribution >= 0.6 is 0 Å². The Balaban J connectivity index is -0.000000727. The molecule has 0 heterocycles. The molecule has 6 nitrogen and oxygen atoms in total. The van der Waals surface area contributed by atoms with Gasteiger partial charge in [0.25, 0.3) is 0 Å². The summed E-state index contributed by atoms with van der Waals surface area (Å²) in [5.74, 6) is -2.69. The second kappa shape index (κ2) is 40.4. The minimum Gasteiger partial charge on any atom is -0.547 e. The fourth-order valence-corrected chi connectivity index (χ4v) is 5.30. The number of hydrogen-bond acceptors (Lipinski definition) is 6. The number of carbonyl (C=O) groups excluding carboxylic acids is 2. The molecule has 2 atom stereocenters. The van der Waals surface area contributed by atoms with Gasteiger partial charge in [-0.3, -0.25) is 0 Å². The van der Waals surface area contributed by atoms with Crippen LogP contribution in [-0.4, -0.2) is 79.8 Å². The van der Waals surface area contributed by atoms with Gasteiger partial charge in [-0.2, -0.15) is 0 Å². The molecule has 0 aromatic carbocycles. The van der Waals surface area contributed by atoms with Crippen molar-refractivity contribution in [3.63, 3.8) is 0 Å². The van der Waals surface area contributed by atoms with E-state index in [0.29, 0.717) is 12.8 Å². The van der Waals surface area contributed by atoms with Crippen LogP contribution in [-0.2, 0) is 9.59 Å². The molecule has 2 N–H and O–H groups in total. The molecular formula is C36H70O6Sr. The van der Waals surface area contributed by atoms with Crippen LogP contribution in [0.3, 0.4) is 0 Å². The van der Waals surface area contributed by atoms with Crippen molar-refractivity contribution in [3.8, 4) is 0 Å². The Hall–Kier alpha value is 0.341. The van der Waals surface area contributed by atoms with Crippen molar-refractivity contribution in [2.45, 2.75) is 219 Å². The minimum absolute atomic E-state index is 0. The fraction of sp³-hybridized carbons (Fsp3) is 0.944. The summed E-state index contributed by atoms with van der Waals surface area (Å²) in [6, 6.07) is 0. The number of aliphatic hydroxyl groups is 2. The number of carboxylic acids is 2. The van der Waals surface area contributed by atoms with E-state index in [4.69, 9.17) is 10.2 Å². The second-order valence-electron chi connectivity index (χ2n) is 12.4. The number of rotatable bonds is 32. The topological polar surface area (TPSA) is 121 Å². The molecule has 252 valence electrons. The van der Waals surface area contributed by atoms with E-state index in [0.717, 1.165) is 38.5 Å². The zero-order valence-corrected chi connectivity index (χ0v) is 32.1. The van der Waals surface area contributed by atoms with Crippen LogP contribution in [0.2, 0.25) is 0 Å². The molecule has 0 fully saturated rings. The SMILES string of the molecule is CCCCCCCCCCCCCCCCC(O)C(=O)[O-].CCCCCCCCCCCCCCCCC(O)C(=O)[O-].[Sr+2]. The smallest absolute Gasteiger partial charge is 0.547 e. The van der Waals surface area contributed by atoms with Gasteiger partial charge in [0.15, 0.2) is 0 Å². The zero-order chi connectivity index (χ0) is 31.5. The van der Waals surface area contributed by atoms with E-state index in [1.807, 2.05) is 0 Å². The van der Waals surface area contributed by atoms with Gasteiger partial charge in [0.05, 0.1) is 24.1 Å². The van der Waals surface area contributed by atoms with Gasteiger partial charge in [-0.05, 0) is 12.8 Å². The molecule has 2 unspecified atom stereocenters. The Bertz CT molecular complexity index is 512. The number of carboxylic acid groups (broad SMARTS) is 2. The monoisotopic (exact) mass is 686 g/mol. The molecule has 0 aromatic rings. The predicted octanol–water partition coefficient (Wildman–Crippen LogP) is 7.56. The molecule has 0 radical (unpaired) electrons. The van der Waals surface area contributed by atoms with Crippen molar-refractivity contribution < 1.29 is 30.0 Å². The predicted molar refractivity (Wildman–Crippen MR) is 178 cm³/mol. The molecule has 0 amide bonds. The third-order valence-corrected chi connectivity index (χ3v) is 8.21. The largest absolute Gasteiger partial charge is 2.00 e. The summed E-state index contributed by atoms with van der Waals surface area (Å²) in [5, 5.41) is 38.7. The van der Waals surface area contributed by atoms with Gasteiger partial charge in [0, 0.05) is 0 Å². The van der Waals surface area contributed by atoms with Crippen LogP contribution in [0.5, 0.6) is 0 Å². The van der Waals surface area contributed by atoms with Gasteiger partial charge in [0.1, 0.15) is 0 Å². The van der Waals surface area contributed by atoms with Gasteiger partial charge in [-0.1, -0.05) is 194 Å². The number of unbranched alkanes of at least 4 members (excludes halogenated alkanes) is 26. The van der Waals surface area contributed by atoms with Crippen LogP contribution in [0.4, 0.5) is 0 Å². The summed E-state index contributed by atoms with van der Waals surface area (Å²) in [4.78, 5) is 20.6. The number of carbonyl (C=O) groups is 2.